The summed E-state index contributed by atoms with van der Waals surface area (Å²) in [6.07, 6.45) is 5.69. The molecule has 6 heterocycles. The van der Waals surface area contributed by atoms with Crippen molar-refractivity contribution in [2.45, 2.75) is 31.5 Å². The molecule has 9 heteroatoms. The number of methoxy groups -OCH3 is 1. The fraction of sp³-hybridized carbons (Fsp3) is 0.308. The van der Waals surface area contributed by atoms with Gasteiger partial charge < -0.3 is 14.0 Å². The Morgan fingerprint density at radius 3 is 2.63 bits per heavy atom. The first-order chi connectivity index (χ1) is 17.1. The Morgan fingerprint density at radius 1 is 1.06 bits per heavy atom. The number of ether oxygens (including phenoxy) is 1. The van der Waals surface area contributed by atoms with Gasteiger partial charge in [-0.15, -0.1) is 0 Å². The van der Waals surface area contributed by atoms with E-state index in [0.717, 1.165) is 55.2 Å². The highest BCUT2D eigenvalue weighted by Gasteiger charge is 2.43. The van der Waals surface area contributed by atoms with E-state index in [-0.39, 0.29) is 18.0 Å². The zero-order valence-corrected chi connectivity index (χ0v) is 20.1. The number of aromatic nitrogens is 4. The van der Waals surface area contributed by atoms with Gasteiger partial charge in [0.2, 0.25) is 5.88 Å². The minimum absolute atomic E-state index is 0.0168. The summed E-state index contributed by atoms with van der Waals surface area (Å²) in [7, 11) is 1.56. The van der Waals surface area contributed by atoms with Crippen LogP contribution in [0.2, 0.25) is 5.02 Å². The SMILES string of the molecule is COc1cccc(C(=O)N2C3CCC2CN(Cc2c(-c4ccc(Cl)cn4)nc4ccccn24)C3)n1. The maximum absolute atomic E-state index is 13.3. The van der Waals surface area contributed by atoms with Crippen molar-refractivity contribution < 1.29 is 9.53 Å². The van der Waals surface area contributed by atoms with Crippen LogP contribution in [-0.2, 0) is 6.54 Å². The lowest BCUT2D eigenvalue weighted by atomic mass is 10.1. The smallest absolute Gasteiger partial charge is 0.273 e. The van der Waals surface area contributed by atoms with Gasteiger partial charge in [-0.3, -0.25) is 14.7 Å². The maximum atomic E-state index is 13.3. The van der Waals surface area contributed by atoms with E-state index < -0.39 is 0 Å². The highest BCUT2D eigenvalue weighted by atomic mass is 35.5. The van der Waals surface area contributed by atoms with Gasteiger partial charge >= 0.3 is 0 Å². The average molecular weight is 489 g/mol. The third kappa shape index (κ3) is 4.02. The van der Waals surface area contributed by atoms with Crippen LogP contribution >= 0.6 is 11.6 Å². The molecule has 6 rings (SSSR count). The van der Waals surface area contributed by atoms with Crippen molar-refractivity contribution in [1.82, 2.24) is 29.2 Å². The van der Waals surface area contributed by atoms with Crippen molar-refractivity contribution in [2.75, 3.05) is 20.2 Å². The molecule has 4 aromatic rings. The number of hydrogen-bond donors (Lipinski definition) is 0. The summed E-state index contributed by atoms with van der Waals surface area (Å²) in [6.45, 7) is 2.33. The Hall–Kier alpha value is -3.49. The summed E-state index contributed by atoms with van der Waals surface area (Å²) in [5.74, 6) is 0.440. The van der Waals surface area contributed by atoms with Gasteiger partial charge in [0, 0.05) is 50.2 Å². The summed E-state index contributed by atoms with van der Waals surface area (Å²) in [5.41, 5.74) is 4.07. The predicted molar refractivity (Wildman–Crippen MR) is 132 cm³/mol. The second-order valence-corrected chi connectivity index (χ2v) is 9.49. The number of nitrogens with zero attached hydrogens (tertiary/aromatic N) is 6. The number of pyridine rings is 3. The summed E-state index contributed by atoms with van der Waals surface area (Å²) < 4.78 is 7.35. The van der Waals surface area contributed by atoms with Crippen molar-refractivity contribution in [2.24, 2.45) is 0 Å². The van der Waals surface area contributed by atoms with Crippen LogP contribution in [0.3, 0.4) is 0 Å². The first-order valence-corrected chi connectivity index (χ1v) is 12.1. The Morgan fingerprint density at radius 2 is 1.89 bits per heavy atom. The van der Waals surface area contributed by atoms with Crippen LogP contribution in [0.25, 0.3) is 17.0 Å². The molecule has 2 saturated heterocycles. The van der Waals surface area contributed by atoms with Crippen LogP contribution in [0.1, 0.15) is 29.0 Å². The van der Waals surface area contributed by atoms with Gasteiger partial charge in [-0.2, -0.15) is 0 Å². The lowest BCUT2D eigenvalue weighted by molar-refractivity contribution is 0.0396. The Bertz CT molecular complexity index is 1370. The molecular formula is C26H25ClN6O2. The largest absolute Gasteiger partial charge is 0.481 e. The van der Waals surface area contributed by atoms with Gasteiger partial charge in [0.25, 0.3) is 5.91 Å². The zero-order chi connectivity index (χ0) is 23.9. The van der Waals surface area contributed by atoms with Crippen molar-refractivity contribution in [1.29, 1.82) is 0 Å². The highest BCUT2D eigenvalue weighted by molar-refractivity contribution is 6.30. The molecule has 4 aromatic heterocycles. The Kier molecular flexibility index (Phi) is 5.62. The lowest BCUT2D eigenvalue weighted by Crippen LogP contribution is -2.55. The van der Waals surface area contributed by atoms with Gasteiger partial charge in [0.15, 0.2) is 0 Å². The lowest BCUT2D eigenvalue weighted by Gasteiger charge is -2.41. The van der Waals surface area contributed by atoms with Gasteiger partial charge in [-0.25, -0.2) is 9.97 Å². The van der Waals surface area contributed by atoms with E-state index in [1.54, 1.807) is 25.4 Å². The molecule has 2 bridgehead atoms. The number of carbonyl (C=O) groups excluding carboxylic acids is 1. The number of carbonyl (C=O) groups is 1. The number of halogens is 1. The number of rotatable bonds is 5. The van der Waals surface area contributed by atoms with Crippen molar-refractivity contribution in [3.63, 3.8) is 0 Å². The number of piperazine rings is 1. The molecular weight excluding hydrogens is 464 g/mol. The van der Waals surface area contributed by atoms with E-state index in [4.69, 9.17) is 21.3 Å². The molecule has 2 unspecified atom stereocenters. The molecule has 0 aromatic carbocycles. The molecule has 2 atom stereocenters. The molecule has 8 nitrogen and oxygen atoms in total. The van der Waals surface area contributed by atoms with E-state index in [9.17, 15) is 4.79 Å². The van der Waals surface area contributed by atoms with Crippen LogP contribution < -0.4 is 4.74 Å². The Labute approximate surface area is 208 Å². The summed E-state index contributed by atoms with van der Waals surface area (Å²) in [5, 5.41) is 0.599. The van der Waals surface area contributed by atoms with Crippen LogP contribution in [0.15, 0.2) is 60.9 Å². The molecule has 2 fully saturated rings. The molecule has 0 aliphatic carbocycles. The molecule has 0 saturated carbocycles. The molecule has 178 valence electrons. The first kappa shape index (κ1) is 22.0. The number of hydrogen-bond acceptors (Lipinski definition) is 6. The summed E-state index contributed by atoms with van der Waals surface area (Å²) in [6, 6.07) is 15.4. The third-order valence-corrected chi connectivity index (χ3v) is 7.14. The third-order valence-electron chi connectivity index (χ3n) is 6.92. The summed E-state index contributed by atoms with van der Waals surface area (Å²) >= 11 is 6.07. The molecule has 35 heavy (non-hydrogen) atoms. The molecule has 1 amide bonds. The maximum Gasteiger partial charge on any atom is 0.273 e. The van der Waals surface area contributed by atoms with Crippen molar-refractivity contribution in [3.8, 4) is 17.3 Å². The van der Waals surface area contributed by atoms with Crippen LogP contribution in [0.4, 0.5) is 0 Å². The average Bonchev–Trinajstić information content (AvgIpc) is 3.38. The molecule has 2 aliphatic heterocycles. The van der Waals surface area contributed by atoms with Gasteiger partial charge in [0.05, 0.1) is 23.5 Å². The van der Waals surface area contributed by atoms with Gasteiger partial charge in [-0.1, -0.05) is 23.7 Å². The summed E-state index contributed by atoms with van der Waals surface area (Å²) in [4.78, 5) is 31.6. The second-order valence-electron chi connectivity index (χ2n) is 9.05. The molecule has 0 radical (unpaired) electrons. The fourth-order valence-electron chi connectivity index (χ4n) is 5.36. The van der Waals surface area contributed by atoms with Gasteiger partial charge in [0.1, 0.15) is 17.0 Å². The minimum Gasteiger partial charge on any atom is -0.481 e. The van der Waals surface area contributed by atoms with Crippen molar-refractivity contribution in [3.05, 3.63) is 77.3 Å². The van der Waals surface area contributed by atoms with Gasteiger partial charge in [-0.05, 0) is 43.2 Å². The van der Waals surface area contributed by atoms with E-state index >= 15 is 0 Å². The van der Waals surface area contributed by atoms with E-state index in [1.807, 2.05) is 47.5 Å². The minimum atomic E-state index is -0.0168. The van der Waals surface area contributed by atoms with E-state index in [2.05, 4.69) is 19.3 Å². The number of imidazole rings is 1. The van der Waals surface area contributed by atoms with Crippen LogP contribution in [0, 0.1) is 0 Å². The normalized spacial score (nSPS) is 19.9. The monoisotopic (exact) mass is 488 g/mol. The molecule has 0 spiro atoms. The first-order valence-electron chi connectivity index (χ1n) is 11.7. The fourth-order valence-corrected chi connectivity index (χ4v) is 5.47. The number of likely N-dealkylation sites (tertiary alicyclic amines) is 1. The topological polar surface area (TPSA) is 75.9 Å². The van der Waals surface area contributed by atoms with Crippen LogP contribution in [-0.4, -0.2) is 67.3 Å². The molecule has 0 N–H and O–H groups in total. The van der Waals surface area contributed by atoms with E-state index in [1.165, 1.54) is 0 Å². The Balaban J connectivity index is 1.27. The van der Waals surface area contributed by atoms with E-state index in [0.29, 0.717) is 16.6 Å². The van der Waals surface area contributed by atoms with Crippen LogP contribution in [0.5, 0.6) is 5.88 Å². The van der Waals surface area contributed by atoms with Crippen molar-refractivity contribution >= 4 is 23.2 Å². The quantitative estimate of drug-likeness (QED) is 0.423. The highest BCUT2D eigenvalue weighted by Crippen LogP contribution is 2.33. The predicted octanol–water partition coefficient (Wildman–Crippen LogP) is 3.94. The number of amides is 1. The zero-order valence-electron chi connectivity index (χ0n) is 19.3. The standard InChI is InChI=1S/C26H25ClN6O2/c1-35-24-7-4-5-21(29-24)26(34)33-18-9-10-19(33)15-31(14-18)16-22-25(20-11-8-17(27)13-28-20)30-23-6-2-3-12-32(22)23/h2-8,11-13,18-19H,9-10,14-16H2,1H3. The number of fused-ring (bicyclic) bond motifs is 3. The molecule has 2 aliphatic rings. The second kappa shape index (κ2) is 8.94.